The Hall–Kier alpha value is -1.01. The van der Waals surface area contributed by atoms with Gasteiger partial charge in [-0.2, -0.15) is 4.37 Å². The van der Waals surface area contributed by atoms with Crippen molar-refractivity contribution in [3.8, 4) is 0 Å². The van der Waals surface area contributed by atoms with Crippen LogP contribution >= 0.6 is 11.5 Å². The summed E-state index contributed by atoms with van der Waals surface area (Å²) in [5.41, 5.74) is 5.71. The fraction of sp³-hybridized carbons (Fsp3) is 0.667. The predicted octanol–water partition coefficient (Wildman–Crippen LogP) is 0.726. The van der Waals surface area contributed by atoms with E-state index in [4.69, 9.17) is 5.73 Å². The molecule has 5 nitrogen and oxygen atoms in total. The minimum atomic E-state index is -0.0658. The van der Waals surface area contributed by atoms with Crippen LogP contribution in [0, 0.1) is 0 Å². The first-order valence-electron chi connectivity index (χ1n) is 4.97. The molecule has 0 bridgehead atoms. The molecule has 2 N–H and O–H groups in total. The third kappa shape index (κ3) is 2.00. The van der Waals surface area contributed by atoms with Gasteiger partial charge in [0.2, 0.25) is 11.0 Å². The normalized spacial score (nSPS) is 21.7. The molecular formula is C9H14N4OS. The average Bonchev–Trinajstić information content (AvgIpc) is 2.71. The number of hydrogen-bond donors (Lipinski definition) is 1. The number of amides is 1. The summed E-state index contributed by atoms with van der Waals surface area (Å²) < 4.78 is 4.22. The minimum Gasteiger partial charge on any atom is -0.326 e. The van der Waals surface area contributed by atoms with Gasteiger partial charge in [0.15, 0.2) is 0 Å². The fourth-order valence-electron chi connectivity index (χ4n) is 1.49. The molecule has 1 aromatic heterocycles. The lowest BCUT2D eigenvalue weighted by molar-refractivity contribution is -0.117. The summed E-state index contributed by atoms with van der Waals surface area (Å²) in [6, 6.07) is -0.0658. The molecule has 1 unspecified atom stereocenters. The second-order valence-electron chi connectivity index (χ2n) is 4.06. The molecule has 2 rings (SSSR count). The number of anilines is 1. The Bertz CT molecular complexity index is 376. The van der Waals surface area contributed by atoms with Crippen LogP contribution in [0.4, 0.5) is 5.13 Å². The van der Waals surface area contributed by atoms with Crippen LogP contribution < -0.4 is 10.6 Å². The van der Waals surface area contributed by atoms with Gasteiger partial charge in [-0.1, -0.05) is 13.8 Å². The zero-order valence-corrected chi connectivity index (χ0v) is 9.62. The molecule has 82 valence electrons. The number of carbonyl (C=O) groups is 1. The number of nitrogens with two attached hydrogens (primary N) is 1. The van der Waals surface area contributed by atoms with E-state index in [1.165, 1.54) is 11.5 Å². The first-order valence-corrected chi connectivity index (χ1v) is 5.75. The van der Waals surface area contributed by atoms with Gasteiger partial charge in [0, 0.05) is 36.5 Å². The molecule has 0 aromatic carbocycles. The van der Waals surface area contributed by atoms with Crippen molar-refractivity contribution in [2.45, 2.75) is 32.2 Å². The number of rotatable bonds is 2. The van der Waals surface area contributed by atoms with Gasteiger partial charge in [0.25, 0.3) is 0 Å². The van der Waals surface area contributed by atoms with Crippen molar-refractivity contribution in [3.63, 3.8) is 0 Å². The number of aromatic nitrogens is 2. The van der Waals surface area contributed by atoms with Gasteiger partial charge in [-0.25, -0.2) is 4.98 Å². The highest BCUT2D eigenvalue weighted by atomic mass is 32.1. The molecule has 6 heteroatoms. The summed E-state index contributed by atoms with van der Waals surface area (Å²) in [5, 5.41) is 0.677. The summed E-state index contributed by atoms with van der Waals surface area (Å²) in [6.07, 6.45) is 0.413. The topological polar surface area (TPSA) is 72.1 Å². The van der Waals surface area contributed by atoms with Crippen molar-refractivity contribution in [2.24, 2.45) is 5.73 Å². The van der Waals surface area contributed by atoms with Crippen LogP contribution in [0.1, 0.15) is 32.0 Å². The summed E-state index contributed by atoms with van der Waals surface area (Å²) in [4.78, 5) is 17.5. The van der Waals surface area contributed by atoms with E-state index in [1.807, 2.05) is 13.8 Å². The maximum atomic E-state index is 11.5. The summed E-state index contributed by atoms with van der Waals surface area (Å²) >= 11 is 1.27. The van der Waals surface area contributed by atoms with Crippen LogP contribution in [0.25, 0.3) is 0 Å². The van der Waals surface area contributed by atoms with E-state index < -0.39 is 0 Å². The van der Waals surface area contributed by atoms with Crippen molar-refractivity contribution in [1.82, 2.24) is 9.36 Å². The molecule has 1 aliphatic rings. The van der Waals surface area contributed by atoms with Crippen molar-refractivity contribution < 1.29 is 4.79 Å². The Labute approximate surface area is 92.5 Å². The van der Waals surface area contributed by atoms with Crippen molar-refractivity contribution in [2.75, 3.05) is 11.4 Å². The molecule has 15 heavy (non-hydrogen) atoms. The van der Waals surface area contributed by atoms with Crippen LogP contribution in [-0.2, 0) is 4.79 Å². The van der Waals surface area contributed by atoms with E-state index >= 15 is 0 Å². The second kappa shape index (κ2) is 3.86. The third-order valence-corrected chi connectivity index (χ3v) is 3.09. The number of carbonyl (C=O) groups excluding carboxylic acids is 1. The summed E-state index contributed by atoms with van der Waals surface area (Å²) in [7, 11) is 0. The standard InChI is InChI=1S/C9H14N4OS/c1-5(2)8-11-9(15-12-8)13-4-6(10)3-7(13)14/h5-6H,3-4,10H2,1-2H3. The Morgan fingerprint density at radius 1 is 1.60 bits per heavy atom. The van der Waals surface area contributed by atoms with Gasteiger partial charge < -0.3 is 5.73 Å². The molecule has 1 amide bonds. The van der Waals surface area contributed by atoms with Crippen LogP contribution in [0.5, 0.6) is 0 Å². The largest absolute Gasteiger partial charge is 0.326 e. The monoisotopic (exact) mass is 226 g/mol. The van der Waals surface area contributed by atoms with Gasteiger partial charge in [0.1, 0.15) is 5.82 Å². The Kier molecular flexibility index (Phi) is 2.70. The molecule has 2 heterocycles. The zero-order valence-electron chi connectivity index (χ0n) is 8.80. The number of hydrogen-bond acceptors (Lipinski definition) is 5. The van der Waals surface area contributed by atoms with Crippen molar-refractivity contribution >= 4 is 22.6 Å². The predicted molar refractivity (Wildman–Crippen MR) is 58.9 cm³/mol. The van der Waals surface area contributed by atoms with E-state index in [9.17, 15) is 4.79 Å². The van der Waals surface area contributed by atoms with Crippen molar-refractivity contribution in [3.05, 3.63) is 5.82 Å². The van der Waals surface area contributed by atoms with Crippen LogP contribution in [0.3, 0.4) is 0 Å². The van der Waals surface area contributed by atoms with Gasteiger partial charge in [-0.3, -0.25) is 9.69 Å². The van der Waals surface area contributed by atoms with E-state index in [0.717, 1.165) is 5.82 Å². The SMILES string of the molecule is CC(C)c1nsc(N2CC(N)CC2=O)n1. The molecule has 0 aliphatic carbocycles. The zero-order chi connectivity index (χ0) is 11.0. The highest BCUT2D eigenvalue weighted by molar-refractivity contribution is 7.09. The maximum absolute atomic E-state index is 11.5. The lowest BCUT2D eigenvalue weighted by Gasteiger charge is -2.10. The summed E-state index contributed by atoms with van der Waals surface area (Å²) in [5.74, 6) is 1.14. The number of nitrogens with zero attached hydrogens (tertiary/aromatic N) is 3. The van der Waals surface area contributed by atoms with Crippen LogP contribution in [0.2, 0.25) is 0 Å². The van der Waals surface area contributed by atoms with Gasteiger partial charge >= 0.3 is 0 Å². The van der Waals surface area contributed by atoms with Crippen LogP contribution in [0.15, 0.2) is 0 Å². The lowest BCUT2D eigenvalue weighted by Crippen LogP contribution is -2.27. The Morgan fingerprint density at radius 2 is 2.33 bits per heavy atom. The third-order valence-electron chi connectivity index (χ3n) is 2.33. The lowest BCUT2D eigenvalue weighted by atomic mass is 10.2. The molecule has 0 spiro atoms. The Morgan fingerprint density at radius 3 is 2.80 bits per heavy atom. The molecule has 0 saturated carbocycles. The molecule has 1 saturated heterocycles. The smallest absolute Gasteiger partial charge is 0.230 e. The molecule has 1 aliphatic heterocycles. The minimum absolute atomic E-state index is 0.0500. The average molecular weight is 226 g/mol. The highest BCUT2D eigenvalue weighted by Crippen LogP contribution is 2.24. The van der Waals surface area contributed by atoms with E-state index in [0.29, 0.717) is 24.0 Å². The van der Waals surface area contributed by atoms with Crippen molar-refractivity contribution in [1.29, 1.82) is 0 Å². The molecule has 1 aromatic rings. The Balaban J connectivity index is 2.19. The van der Waals surface area contributed by atoms with E-state index in [1.54, 1.807) is 4.90 Å². The molecular weight excluding hydrogens is 212 g/mol. The van der Waals surface area contributed by atoms with Crippen LogP contribution in [-0.4, -0.2) is 27.9 Å². The van der Waals surface area contributed by atoms with Gasteiger partial charge in [0.05, 0.1) is 0 Å². The van der Waals surface area contributed by atoms with Gasteiger partial charge in [-0.15, -0.1) is 0 Å². The first-order chi connectivity index (χ1) is 7.08. The van der Waals surface area contributed by atoms with Gasteiger partial charge in [-0.05, 0) is 0 Å². The van der Waals surface area contributed by atoms with E-state index in [-0.39, 0.29) is 11.9 Å². The molecule has 0 radical (unpaired) electrons. The second-order valence-corrected chi connectivity index (χ2v) is 4.79. The quantitative estimate of drug-likeness (QED) is 0.806. The highest BCUT2D eigenvalue weighted by Gasteiger charge is 2.30. The van der Waals surface area contributed by atoms with E-state index in [2.05, 4.69) is 9.36 Å². The molecule has 1 fully saturated rings. The fourth-order valence-corrected chi connectivity index (χ4v) is 2.33. The summed E-state index contributed by atoms with van der Waals surface area (Å²) in [6.45, 7) is 4.62. The first kappa shape index (κ1) is 10.5. The molecule has 1 atom stereocenters. The maximum Gasteiger partial charge on any atom is 0.230 e.